The van der Waals surface area contributed by atoms with Crippen molar-refractivity contribution in [3.05, 3.63) is 47.8 Å². The molecule has 23 heavy (non-hydrogen) atoms. The second-order valence-corrected chi connectivity index (χ2v) is 5.55. The largest absolute Gasteiger partial charge is 0.497 e. The van der Waals surface area contributed by atoms with Crippen LogP contribution in [0.15, 0.2) is 36.5 Å². The van der Waals surface area contributed by atoms with E-state index in [1.54, 1.807) is 26.5 Å². The number of nitrogens with zero attached hydrogens (tertiary/aromatic N) is 3. The zero-order valence-electron chi connectivity index (χ0n) is 13.3. The average molecular weight is 309 g/mol. The van der Waals surface area contributed by atoms with Gasteiger partial charge in [-0.1, -0.05) is 0 Å². The van der Waals surface area contributed by atoms with Gasteiger partial charge in [0, 0.05) is 18.2 Å². The number of ether oxygens (including phenoxy) is 2. The quantitative estimate of drug-likeness (QED) is 0.820. The molecule has 5 heteroatoms. The van der Waals surface area contributed by atoms with E-state index in [9.17, 15) is 0 Å². The van der Waals surface area contributed by atoms with Crippen LogP contribution in [0.25, 0.3) is 0 Å². The van der Waals surface area contributed by atoms with Crippen molar-refractivity contribution in [2.24, 2.45) is 0 Å². The molecule has 1 aromatic heterocycles. The van der Waals surface area contributed by atoms with E-state index in [0.717, 1.165) is 29.3 Å². The Balaban J connectivity index is 1.89. The van der Waals surface area contributed by atoms with Crippen molar-refractivity contribution in [3.8, 4) is 17.6 Å². The Morgan fingerprint density at radius 2 is 2.04 bits per heavy atom. The molecule has 1 aliphatic rings. The van der Waals surface area contributed by atoms with E-state index in [-0.39, 0.29) is 0 Å². The molecular weight excluding hydrogens is 290 g/mol. The van der Waals surface area contributed by atoms with Crippen molar-refractivity contribution in [2.45, 2.75) is 25.4 Å². The summed E-state index contributed by atoms with van der Waals surface area (Å²) in [5, 5.41) is 8.89. The van der Waals surface area contributed by atoms with E-state index < -0.39 is 0 Å². The van der Waals surface area contributed by atoms with E-state index in [2.05, 4.69) is 16.0 Å². The number of hydrogen-bond acceptors (Lipinski definition) is 5. The molecule has 1 heterocycles. The molecule has 118 valence electrons. The molecule has 0 unspecified atom stereocenters. The number of methoxy groups -OCH3 is 2. The Morgan fingerprint density at radius 1 is 1.22 bits per heavy atom. The SMILES string of the molecule is COc1ccc(OC)c(CN(c2ccc(C#N)nc2)C2CC2)c1. The second kappa shape index (κ2) is 6.57. The highest BCUT2D eigenvalue weighted by Crippen LogP contribution is 2.35. The molecule has 0 amide bonds. The van der Waals surface area contributed by atoms with Gasteiger partial charge >= 0.3 is 0 Å². The van der Waals surface area contributed by atoms with Crippen molar-refractivity contribution < 1.29 is 9.47 Å². The zero-order chi connectivity index (χ0) is 16.2. The number of rotatable bonds is 6. The maximum Gasteiger partial charge on any atom is 0.140 e. The molecule has 0 saturated heterocycles. The monoisotopic (exact) mass is 309 g/mol. The third-order valence-corrected chi connectivity index (χ3v) is 4.01. The fourth-order valence-corrected chi connectivity index (χ4v) is 2.63. The highest BCUT2D eigenvalue weighted by Gasteiger charge is 2.30. The van der Waals surface area contributed by atoms with Gasteiger partial charge in [0.25, 0.3) is 0 Å². The first-order chi connectivity index (χ1) is 11.2. The summed E-state index contributed by atoms with van der Waals surface area (Å²) in [7, 11) is 3.34. The van der Waals surface area contributed by atoms with Crippen LogP contribution < -0.4 is 14.4 Å². The summed E-state index contributed by atoms with van der Waals surface area (Å²) in [5.74, 6) is 1.66. The molecule has 0 bridgehead atoms. The van der Waals surface area contributed by atoms with Crippen molar-refractivity contribution in [2.75, 3.05) is 19.1 Å². The number of anilines is 1. The van der Waals surface area contributed by atoms with Crippen molar-refractivity contribution >= 4 is 5.69 Å². The smallest absolute Gasteiger partial charge is 0.140 e. The van der Waals surface area contributed by atoms with E-state index in [0.29, 0.717) is 11.7 Å². The first-order valence-corrected chi connectivity index (χ1v) is 7.59. The number of benzene rings is 1. The predicted molar refractivity (Wildman–Crippen MR) is 87.7 cm³/mol. The van der Waals surface area contributed by atoms with Gasteiger partial charge in [-0.15, -0.1) is 0 Å². The first-order valence-electron chi connectivity index (χ1n) is 7.59. The van der Waals surface area contributed by atoms with Gasteiger partial charge in [0.15, 0.2) is 0 Å². The molecule has 1 saturated carbocycles. The van der Waals surface area contributed by atoms with Gasteiger partial charge in [-0.05, 0) is 43.2 Å². The lowest BCUT2D eigenvalue weighted by molar-refractivity contribution is 0.398. The van der Waals surface area contributed by atoms with Crippen LogP contribution in [-0.2, 0) is 6.54 Å². The molecule has 0 radical (unpaired) electrons. The second-order valence-electron chi connectivity index (χ2n) is 5.55. The lowest BCUT2D eigenvalue weighted by Gasteiger charge is -2.25. The minimum Gasteiger partial charge on any atom is -0.497 e. The third-order valence-electron chi connectivity index (χ3n) is 4.01. The Labute approximate surface area is 136 Å². The lowest BCUT2D eigenvalue weighted by atomic mass is 10.1. The maximum absolute atomic E-state index is 8.89. The van der Waals surface area contributed by atoms with Crippen LogP contribution in [0.4, 0.5) is 5.69 Å². The maximum atomic E-state index is 8.89. The lowest BCUT2D eigenvalue weighted by Crippen LogP contribution is -2.25. The van der Waals surface area contributed by atoms with Gasteiger partial charge in [0.1, 0.15) is 23.3 Å². The normalized spacial score (nSPS) is 13.3. The Hall–Kier alpha value is -2.74. The summed E-state index contributed by atoms with van der Waals surface area (Å²) in [4.78, 5) is 6.50. The Morgan fingerprint density at radius 3 is 2.61 bits per heavy atom. The van der Waals surface area contributed by atoms with Crippen LogP contribution in [0.3, 0.4) is 0 Å². The fraction of sp³-hybridized carbons (Fsp3) is 0.333. The predicted octanol–water partition coefficient (Wildman–Crippen LogP) is 3.14. The third kappa shape index (κ3) is 3.37. The van der Waals surface area contributed by atoms with Crippen molar-refractivity contribution in [3.63, 3.8) is 0 Å². The summed E-state index contributed by atoms with van der Waals surface area (Å²) >= 11 is 0. The molecule has 1 fully saturated rings. The van der Waals surface area contributed by atoms with Crippen LogP contribution in [0.1, 0.15) is 24.1 Å². The van der Waals surface area contributed by atoms with Crippen LogP contribution in [-0.4, -0.2) is 25.2 Å². The molecular formula is C18H19N3O2. The highest BCUT2D eigenvalue weighted by molar-refractivity contribution is 5.51. The summed E-state index contributed by atoms with van der Waals surface area (Å²) < 4.78 is 10.8. The topological polar surface area (TPSA) is 58.4 Å². The average Bonchev–Trinajstić information content (AvgIpc) is 3.44. The number of nitriles is 1. The summed E-state index contributed by atoms with van der Waals surface area (Å²) in [5.41, 5.74) is 2.53. The van der Waals surface area contributed by atoms with Crippen LogP contribution in [0, 0.1) is 11.3 Å². The molecule has 1 aliphatic carbocycles. The van der Waals surface area contributed by atoms with E-state index in [1.807, 2.05) is 24.3 Å². The molecule has 2 aromatic rings. The number of pyridine rings is 1. The highest BCUT2D eigenvalue weighted by atomic mass is 16.5. The van der Waals surface area contributed by atoms with E-state index in [4.69, 9.17) is 14.7 Å². The number of hydrogen-bond donors (Lipinski definition) is 0. The van der Waals surface area contributed by atoms with Gasteiger partial charge in [0.2, 0.25) is 0 Å². The molecule has 0 spiro atoms. The first kappa shape index (κ1) is 15.2. The van der Waals surface area contributed by atoms with E-state index in [1.165, 1.54) is 12.8 Å². The zero-order valence-corrected chi connectivity index (χ0v) is 13.3. The van der Waals surface area contributed by atoms with Crippen molar-refractivity contribution in [1.29, 1.82) is 5.26 Å². The molecule has 0 N–H and O–H groups in total. The standard InChI is InChI=1S/C18H19N3O2/c1-22-17-7-8-18(23-2)13(9-17)12-21(15-5-6-15)16-4-3-14(10-19)20-11-16/h3-4,7-9,11,15H,5-6,12H2,1-2H3. The molecule has 0 atom stereocenters. The minimum atomic E-state index is 0.434. The van der Waals surface area contributed by atoms with Crippen molar-refractivity contribution in [1.82, 2.24) is 4.98 Å². The Kier molecular flexibility index (Phi) is 4.33. The summed E-state index contributed by atoms with van der Waals surface area (Å²) in [6.45, 7) is 0.721. The molecule has 1 aromatic carbocycles. The number of aromatic nitrogens is 1. The van der Waals surface area contributed by atoms with Crippen LogP contribution in [0.5, 0.6) is 11.5 Å². The van der Waals surface area contributed by atoms with Gasteiger partial charge in [0.05, 0.1) is 26.1 Å². The fourth-order valence-electron chi connectivity index (χ4n) is 2.63. The summed E-state index contributed by atoms with van der Waals surface area (Å²) in [6, 6.07) is 12.1. The van der Waals surface area contributed by atoms with Crippen LogP contribution in [0.2, 0.25) is 0 Å². The van der Waals surface area contributed by atoms with Gasteiger partial charge < -0.3 is 14.4 Å². The molecule has 5 nitrogen and oxygen atoms in total. The van der Waals surface area contributed by atoms with Gasteiger partial charge in [-0.3, -0.25) is 0 Å². The Bertz CT molecular complexity index is 718. The molecule has 0 aliphatic heterocycles. The summed E-state index contributed by atoms with van der Waals surface area (Å²) in [6.07, 6.45) is 4.11. The van der Waals surface area contributed by atoms with Gasteiger partial charge in [-0.2, -0.15) is 5.26 Å². The van der Waals surface area contributed by atoms with Gasteiger partial charge in [-0.25, -0.2) is 4.98 Å². The minimum absolute atomic E-state index is 0.434. The van der Waals surface area contributed by atoms with Crippen LogP contribution >= 0.6 is 0 Å². The van der Waals surface area contributed by atoms with E-state index >= 15 is 0 Å². The molecule has 3 rings (SSSR count).